The quantitative estimate of drug-likeness (QED) is 0.608. The Balaban J connectivity index is 1.57. The van der Waals surface area contributed by atoms with E-state index < -0.39 is 0 Å². The molecule has 2 aromatic rings. The van der Waals surface area contributed by atoms with Crippen LogP contribution >= 0.6 is 0 Å². The van der Waals surface area contributed by atoms with E-state index in [0.717, 1.165) is 43.6 Å². The molecule has 0 aliphatic carbocycles. The van der Waals surface area contributed by atoms with Crippen molar-refractivity contribution in [2.24, 2.45) is 5.92 Å². The predicted octanol–water partition coefficient (Wildman–Crippen LogP) is 4.65. The number of benzene rings is 2. The van der Waals surface area contributed by atoms with Crippen LogP contribution in [0.2, 0.25) is 0 Å². The molecule has 188 valence electrons. The van der Waals surface area contributed by atoms with Crippen molar-refractivity contribution in [1.82, 2.24) is 15.5 Å². The highest BCUT2D eigenvalue weighted by molar-refractivity contribution is 6.00. The van der Waals surface area contributed by atoms with Crippen LogP contribution in [0.4, 0.5) is 0 Å². The van der Waals surface area contributed by atoms with Crippen LogP contribution in [0.25, 0.3) is 0 Å². The van der Waals surface area contributed by atoms with E-state index in [9.17, 15) is 4.79 Å². The van der Waals surface area contributed by atoms with Crippen molar-refractivity contribution in [3.05, 3.63) is 58.7 Å². The topological polar surface area (TPSA) is 62.8 Å². The second-order valence-electron chi connectivity index (χ2n) is 10.1. The van der Waals surface area contributed by atoms with Crippen molar-refractivity contribution < 1.29 is 14.3 Å². The van der Waals surface area contributed by atoms with Gasteiger partial charge in [0.05, 0.1) is 24.8 Å². The van der Waals surface area contributed by atoms with Gasteiger partial charge < -0.3 is 20.1 Å². The molecule has 3 heterocycles. The fourth-order valence-corrected chi connectivity index (χ4v) is 6.31. The Kier molecular flexibility index (Phi) is 7.30. The highest BCUT2D eigenvalue weighted by atomic mass is 16.5. The Labute approximate surface area is 209 Å². The average Bonchev–Trinajstić information content (AvgIpc) is 2.88. The molecule has 2 aromatic carbocycles. The first-order valence-electron chi connectivity index (χ1n) is 13.4. The van der Waals surface area contributed by atoms with Crippen molar-refractivity contribution in [3.63, 3.8) is 0 Å². The number of piperidine rings is 2. The van der Waals surface area contributed by atoms with Crippen molar-refractivity contribution in [1.29, 1.82) is 0 Å². The fraction of sp³-hybridized carbons (Fsp3) is 0.552. The molecule has 35 heavy (non-hydrogen) atoms. The van der Waals surface area contributed by atoms with E-state index in [4.69, 9.17) is 9.47 Å². The van der Waals surface area contributed by atoms with E-state index in [2.05, 4.69) is 33.7 Å². The maximum Gasteiger partial charge on any atom is 0.256 e. The van der Waals surface area contributed by atoms with Gasteiger partial charge in [-0.15, -0.1) is 0 Å². The third-order valence-electron chi connectivity index (χ3n) is 7.95. The molecule has 3 aliphatic rings. The van der Waals surface area contributed by atoms with Crippen LogP contribution < -0.4 is 20.1 Å². The van der Waals surface area contributed by atoms with Crippen molar-refractivity contribution >= 4 is 5.91 Å². The SMILES string of the molecule is CCOc1cc2c(c(C(=O)N[C@H](C)c3ccccc3)c1OCC)[C@H]1C[C@H]3NCCC[C@H]3CN1CC2. The van der Waals surface area contributed by atoms with Crippen LogP contribution in [-0.4, -0.2) is 49.7 Å². The molecule has 3 aliphatic heterocycles. The van der Waals surface area contributed by atoms with E-state index >= 15 is 0 Å². The predicted molar refractivity (Wildman–Crippen MR) is 138 cm³/mol. The standard InChI is InChI=1S/C29H39N3O3/c1-4-34-25-16-21-13-15-32-18-22-12-9-14-30-23(22)17-24(32)26(21)27(28(25)35-5-2)29(33)31-19(3)20-10-7-6-8-11-20/h6-8,10-11,16,19,22-24,30H,4-5,9,12-15,17-18H2,1-3H3,(H,31,33)/t19-,22+,23-,24-/m1/s1. The second-order valence-corrected chi connectivity index (χ2v) is 10.1. The normalized spacial score (nSPS) is 24.5. The molecule has 1 amide bonds. The molecule has 6 heteroatoms. The minimum Gasteiger partial charge on any atom is -0.490 e. The highest BCUT2D eigenvalue weighted by Crippen LogP contribution is 2.47. The van der Waals surface area contributed by atoms with E-state index in [-0.39, 0.29) is 18.0 Å². The summed E-state index contributed by atoms with van der Waals surface area (Å²) in [4.78, 5) is 16.6. The second kappa shape index (κ2) is 10.6. The van der Waals surface area contributed by atoms with Crippen LogP contribution in [0.3, 0.4) is 0 Å². The molecule has 0 saturated carbocycles. The lowest BCUT2D eigenvalue weighted by atomic mass is 9.76. The molecule has 0 bridgehead atoms. The Bertz CT molecular complexity index is 1040. The summed E-state index contributed by atoms with van der Waals surface area (Å²) >= 11 is 0. The van der Waals surface area contributed by atoms with Gasteiger partial charge in [-0.1, -0.05) is 30.3 Å². The Morgan fingerprint density at radius 1 is 1.20 bits per heavy atom. The number of rotatable bonds is 7. The zero-order valence-electron chi connectivity index (χ0n) is 21.3. The number of hydrogen-bond donors (Lipinski definition) is 2. The number of ether oxygens (including phenoxy) is 2. The summed E-state index contributed by atoms with van der Waals surface area (Å²) in [6.45, 7) is 10.2. The monoisotopic (exact) mass is 477 g/mol. The molecule has 2 saturated heterocycles. The molecule has 2 N–H and O–H groups in total. The van der Waals surface area contributed by atoms with E-state index in [0.29, 0.717) is 42.2 Å². The van der Waals surface area contributed by atoms with Crippen LogP contribution in [0.1, 0.15) is 79.2 Å². The number of carbonyl (C=O) groups is 1. The summed E-state index contributed by atoms with van der Waals surface area (Å²) in [5, 5.41) is 7.05. The zero-order valence-corrected chi connectivity index (χ0v) is 21.3. The largest absolute Gasteiger partial charge is 0.490 e. The molecule has 2 fully saturated rings. The van der Waals surface area contributed by atoms with Crippen LogP contribution in [0, 0.1) is 5.92 Å². The molecule has 6 nitrogen and oxygen atoms in total. The number of hydrogen-bond acceptors (Lipinski definition) is 5. The summed E-state index contributed by atoms with van der Waals surface area (Å²) < 4.78 is 12.2. The van der Waals surface area contributed by atoms with E-state index in [1.54, 1.807) is 0 Å². The number of nitrogens with zero attached hydrogens (tertiary/aromatic N) is 1. The van der Waals surface area contributed by atoms with Gasteiger partial charge in [-0.25, -0.2) is 0 Å². The Hall–Kier alpha value is -2.57. The zero-order chi connectivity index (χ0) is 24.4. The molecular weight excluding hydrogens is 438 g/mol. The summed E-state index contributed by atoms with van der Waals surface area (Å²) in [6.07, 6.45) is 4.51. The molecular formula is C29H39N3O3. The Morgan fingerprint density at radius 3 is 2.77 bits per heavy atom. The van der Waals surface area contributed by atoms with Crippen molar-refractivity contribution in [3.8, 4) is 11.5 Å². The van der Waals surface area contributed by atoms with Gasteiger partial charge in [0.15, 0.2) is 11.5 Å². The first-order valence-corrected chi connectivity index (χ1v) is 13.4. The third-order valence-corrected chi connectivity index (χ3v) is 7.95. The smallest absolute Gasteiger partial charge is 0.256 e. The van der Waals surface area contributed by atoms with Gasteiger partial charge in [0.2, 0.25) is 0 Å². The Morgan fingerprint density at radius 2 is 2.00 bits per heavy atom. The van der Waals surface area contributed by atoms with Gasteiger partial charge in [0.25, 0.3) is 5.91 Å². The number of carbonyl (C=O) groups excluding carboxylic acids is 1. The lowest BCUT2D eigenvalue weighted by Crippen LogP contribution is -2.55. The van der Waals surface area contributed by atoms with Gasteiger partial charge in [0.1, 0.15) is 0 Å². The molecule has 0 radical (unpaired) electrons. The van der Waals surface area contributed by atoms with Gasteiger partial charge in [0, 0.05) is 25.2 Å². The number of fused-ring (bicyclic) bond motifs is 4. The van der Waals surface area contributed by atoms with Crippen LogP contribution in [-0.2, 0) is 6.42 Å². The maximum atomic E-state index is 14.0. The van der Waals surface area contributed by atoms with Crippen molar-refractivity contribution in [2.45, 2.75) is 64.6 Å². The molecule has 0 aromatic heterocycles. The number of amides is 1. The molecule has 4 atom stereocenters. The average molecular weight is 478 g/mol. The van der Waals surface area contributed by atoms with E-state index in [1.165, 1.54) is 18.4 Å². The third kappa shape index (κ3) is 4.78. The lowest BCUT2D eigenvalue weighted by molar-refractivity contribution is 0.0539. The summed E-state index contributed by atoms with van der Waals surface area (Å²) in [5.41, 5.74) is 4.12. The maximum absolute atomic E-state index is 14.0. The first kappa shape index (κ1) is 24.1. The molecule has 0 unspecified atom stereocenters. The summed E-state index contributed by atoms with van der Waals surface area (Å²) in [5.74, 6) is 1.89. The highest BCUT2D eigenvalue weighted by Gasteiger charge is 2.42. The first-order chi connectivity index (χ1) is 17.1. The van der Waals surface area contributed by atoms with Crippen LogP contribution in [0.5, 0.6) is 11.5 Å². The van der Waals surface area contributed by atoms with Crippen LogP contribution in [0.15, 0.2) is 36.4 Å². The van der Waals surface area contributed by atoms with Gasteiger partial charge in [-0.05, 0) is 81.7 Å². The lowest BCUT2D eigenvalue weighted by Gasteiger charge is -2.49. The molecule has 5 rings (SSSR count). The number of nitrogens with one attached hydrogen (secondary N) is 2. The van der Waals surface area contributed by atoms with Gasteiger partial charge in [-0.3, -0.25) is 9.69 Å². The summed E-state index contributed by atoms with van der Waals surface area (Å²) in [7, 11) is 0. The van der Waals surface area contributed by atoms with Gasteiger partial charge in [-0.2, -0.15) is 0 Å². The minimum absolute atomic E-state index is 0.0804. The van der Waals surface area contributed by atoms with E-state index in [1.807, 2.05) is 39.0 Å². The van der Waals surface area contributed by atoms with Crippen molar-refractivity contribution in [2.75, 3.05) is 32.8 Å². The van der Waals surface area contributed by atoms with Gasteiger partial charge >= 0.3 is 0 Å². The fourth-order valence-electron chi connectivity index (χ4n) is 6.31. The summed E-state index contributed by atoms with van der Waals surface area (Å²) in [6, 6.07) is 12.9. The minimum atomic E-state index is -0.111. The molecule has 0 spiro atoms.